The Labute approximate surface area is 183 Å². The second-order valence-electron chi connectivity index (χ2n) is 6.90. The average Bonchev–Trinajstić information content (AvgIpc) is 2.74. The number of hydrogen-bond donors (Lipinski definition) is 0. The van der Waals surface area contributed by atoms with Crippen LogP contribution in [0, 0.1) is 5.82 Å². The SMILES string of the molecule is COc1ncc(Cl)c(N2CCN(c3nc(Cl)cc(-c4ccc(F)cc4)n3)C(C)C2)n1. The first kappa shape index (κ1) is 20.6. The smallest absolute Gasteiger partial charge is 0.318 e. The molecule has 0 saturated carbocycles. The molecule has 1 atom stereocenters. The summed E-state index contributed by atoms with van der Waals surface area (Å²) in [7, 11) is 1.52. The summed E-state index contributed by atoms with van der Waals surface area (Å²) >= 11 is 12.6. The van der Waals surface area contributed by atoms with Crippen LogP contribution in [0.4, 0.5) is 16.2 Å². The Kier molecular flexibility index (Phi) is 5.87. The molecule has 1 aliphatic rings. The zero-order valence-corrected chi connectivity index (χ0v) is 17.9. The molecule has 1 aliphatic heterocycles. The molecule has 2 aromatic heterocycles. The fraction of sp³-hybridized carbons (Fsp3) is 0.300. The number of anilines is 2. The standard InChI is InChI=1S/C20H19Cl2FN6O/c1-12-11-28(18-15(21)10-24-20(27-18)30-2)7-8-29(12)19-25-16(9-17(22)26-19)13-3-5-14(23)6-4-13/h3-6,9-10,12H,7-8,11H2,1-2H3. The van der Waals surface area contributed by atoms with E-state index in [1.807, 2.05) is 0 Å². The first-order valence-electron chi connectivity index (χ1n) is 9.33. The molecule has 156 valence electrons. The van der Waals surface area contributed by atoms with E-state index in [9.17, 15) is 4.39 Å². The molecule has 1 fully saturated rings. The average molecular weight is 449 g/mol. The molecule has 1 aromatic carbocycles. The summed E-state index contributed by atoms with van der Waals surface area (Å²) in [6.45, 7) is 4.03. The van der Waals surface area contributed by atoms with Gasteiger partial charge in [0.15, 0.2) is 5.82 Å². The zero-order valence-electron chi connectivity index (χ0n) is 16.4. The van der Waals surface area contributed by atoms with E-state index in [0.29, 0.717) is 47.3 Å². The van der Waals surface area contributed by atoms with Crippen LogP contribution in [0.2, 0.25) is 10.2 Å². The number of benzene rings is 1. The summed E-state index contributed by atoms with van der Waals surface area (Å²) in [5.41, 5.74) is 1.41. The van der Waals surface area contributed by atoms with Crippen LogP contribution in [-0.4, -0.2) is 52.7 Å². The molecule has 0 aliphatic carbocycles. The maximum Gasteiger partial charge on any atom is 0.318 e. The summed E-state index contributed by atoms with van der Waals surface area (Å²) in [6.07, 6.45) is 1.54. The highest BCUT2D eigenvalue weighted by Gasteiger charge is 2.28. The van der Waals surface area contributed by atoms with Crippen LogP contribution in [-0.2, 0) is 0 Å². The van der Waals surface area contributed by atoms with Crippen LogP contribution in [0.5, 0.6) is 6.01 Å². The van der Waals surface area contributed by atoms with Crippen molar-refractivity contribution in [1.82, 2.24) is 19.9 Å². The van der Waals surface area contributed by atoms with E-state index in [-0.39, 0.29) is 17.9 Å². The maximum atomic E-state index is 13.3. The highest BCUT2D eigenvalue weighted by molar-refractivity contribution is 6.32. The zero-order chi connectivity index (χ0) is 21.3. The van der Waals surface area contributed by atoms with Gasteiger partial charge in [-0.15, -0.1) is 0 Å². The molecule has 0 bridgehead atoms. The van der Waals surface area contributed by atoms with E-state index < -0.39 is 0 Å². The molecule has 1 saturated heterocycles. The number of aromatic nitrogens is 4. The summed E-state index contributed by atoms with van der Waals surface area (Å²) < 4.78 is 18.4. The summed E-state index contributed by atoms with van der Waals surface area (Å²) in [4.78, 5) is 21.7. The first-order valence-corrected chi connectivity index (χ1v) is 10.1. The summed E-state index contributed by atoms with van der Waals surface area (Å²) in [5.74, 6) is 0.859. The van der Waals surface area contributed by atoms with Crippen LogP contribution < -0.4 is 14.5 Å². The van der Waals surface area contributed by atoms with Gasteiger partial charge in [-0.25, -0.2) is 19.3 Å². The van der Waals surface area contributed by atoms with E-state index in [2.05, 4.69) is 36.7 Å². The van der Waals surface area contributed by atoms with Crippen molar-refractivity contribution in [3.05, 3.63) is 52.5 Å². The van der Waals surface area contributed by atoms with Gasteiger partial charge in [0.05, 0.1) is 19.0 Å². The molecule has 7 nitrogen and oxygen atoms in total. The molecular weight excluding hydrogens is 430 g/mol. The van der Waals surface area contributed by atoms with Gasteiger partial charge in [0.2, 0.25) is 5.95 Å². The second kappa shape index (κ2) is 8.57. The van der Waals surface area contributed by atoms with Gasteiger partial charge in [0, 0.05) is 37.3 Å². The minimum atomic E-state index is -0.302. The van der Waals surface area contributed by atoms with Gasteiger partial charge in [-0.05, 0) is 31.2 Å². The Morgan fingerprint density at radius 3 is 2.57 bits per heavy atom. The van der Waals surface area contributed by atoms with Crippen LogP contribution >= 0.6 is 23.2 Å². The van der Waals surface area contributed by atoms with Gasteiger partial charge in [-0.2, -0.15) is 4.98 Å². The lowest BCUT2D eigenvalue weighted by Crippen LogP contribution is -2.53. The van der Waals surface area contributed by atoms with Crippen molar-refractivity contribution in [3.8, 4) is 17.3 Å². The molecule has 0 amide bonds. The number of rotatable bonds is 4. The Morgan fingerprint density at radius 1 is 1.10 bits per heavy atom. The molecular formula is C20H19Cl2FN6O. The summed E-state index contributed by atoms with van der Waals surface area (Å²) in [5, 5.41) is 0.798. The van der Waals surface area contributed by atoms with Gasteiger partial charge >= 0.3 is 6.01 Å². The lowest BCUT2D eigenvalue weighted by Gasteiger charge is -2.40. The quantitative estimate of drug-likeness (QED) is 0.556. The van der Waals surface area contributed by atoms with Crippen molar-refractivity contribution in [2.75, 3.05) is 36.5 Å². The number of piperazine rings is 1. The first-order chi connectivity index (χ1) is 14.4. The van der Waals surface area contributed by atoms with Gasteiger partial charge in [-0.1, -0.05) is 23.2 Å². The van der Waals surface area contributed by atoms with E-state index in [0.717, 1.165) is 5.56 Å². The van der Waals surface area contributed by atoms with Crippen LogP contribution in [0.15, 0.2) is 36.5 Å². The van der Waals surface area contributed by atoms with Crippen molar-refractivity contribution >= 4 is 35.0 Å². The third kappa shape index (κ3) is 4.24. The number of ether oxygens (including phenoxy) is 1. The largest absolute Gasteiger partial charge is 0.467 e. The minimum absolute atomic E-state index is 0.0651. The van der Waals surface area contributed by atoms with Gasteiger partial charge in [-0.3, -0.25) is 0 Å². The Hall–Kier alpha value is -2.71. The predicted molar refractivity (Wildman–Crippen MR) is 115 cm³/mol. The molecule has 3 heterocycles. The number of halogens is 3. The summed E-state index contributed by atoms with van der Waals surface area (Å²) in [6, 6.07) is 8.14. The van der Waals surface area contributed by atoms with Gasteiger partial charge < -0.3 is 14.5 Å². The third-order valence-corrected chi connectivity index (χ3v) is 5.35. The highest BCUT2D eigenvalue weighted by Crippen LogP contribution is 2.29. The van der Waals surface area contributed by atoms with Gasteiger partial charge in [0.1, 0.15) is 16.0 Å². The molecule has 4 rings (SSSR count). The number of hydrogen-bond acceptors (Lipinski definition) is 7. The molecule has 0 N–H and O–H groups in total. The van der Waals surface area contributed by atoms with Crippen LogP contribution in [0.1, 0.15) is 6.92 Å². The van der Waals surface area contributed by atoms with Crippen LogP contribution in [0.3, 0.4) is 0 Å². The van der Waals surface area contributed by atoms with E-state index in [4.69, 9.17) is 27.9 Å². The Bertz CT molecular complexity index is 1050. The molecule has 30 heavy (non-hydrogen) atoms. The highest BCUT2D eigenvalue weighted by atomic mass is 35.5. The maximum absolute atomic E-state index is 13.3. The lowest BCUT2D eigenvalue weighted by molar-refractivity contribution is 0.379. The van der Waals surface area contributed by atoms with Crippen molar-refractivity contribution in [2.45, 2.75) is 13.0 Å². The van der Waals surface area contributed by atoms with Crippen molar-refractivity contribution < 1.29 is 9.13 Å². The second-order valence-corrected chi connectivity index (χ2v) is 7.69. The van der Waals surface area contributed by atoms with Crippen LogP contribution in [0.25, 0.3) is 11.3 Å². The molecule has 10 heteroatoms. The monoisotopic (exact) mass is 448 g/mol. The lowest BCUT2D eigenvalue weighted by atomic mass is 10.1. The van der Waals surface area contributed by atoms with Crippen molar-refractivity contribution in [1.29, 1.82) is 0 Å². The molecule has 0 spiro atoms. The van der Waals surface area contributed by atoms with E-state index >= 15 is 0 Å². The van der Waals surface area contributed by atoms with E-state index in [1.54, 1.807) is 18.2 Å². The minimum Gasteiger partial charge on any atom is -0.467 e. The Morgan fingerprint density at radius 2 is 1.87 bits per heavy atom. The third-order valence-electron chi connectivity index (χ3n) is 4.89. The van der Waals surface area contributed by atoms with Gasteiger partial charge in [0.25, 0.3) is 0 Å². The Balaban J connectivity index is 1.57. The fourth-order valence-corrected chi connectivity index (χ4v) is 3.80. The number of methoxy groups -OCH3 is 1. The topological polar surface area (TPSA) is 67.3 Å². The fourth-order valence-electron chi connectivity index (χ4n) is 3.41. The molecule has 3 aromatic rings. The molecule has 0 radical (unpaired) electrons. The van der Waals surface area contributed by atoms with Crippen molar-refractivity contribution in [3.63, 3.8) is 0 Å². The molecule has 1 unspecified atom stereocenters. The number of nitrogens with zero attached hydrogens (tertiary/aromatic N) is 6. The van der Waals surface area contributed by atoms with E-state index in [1.165, 1.54) is 25.4 Å². The van der Waals surface area contributed by atoms with Crippen molar-refractivity contribution in [2.24, 2.45) is 0 Å². The predicted octanol–water partition coefficient (Wildman–Crippen LogP) is 4.10. The normalized spacial score (nSPS) is 16.6.